The molecule has 3 aromatic rings. The summed E-state index contributed by atoms with van der Waals surface area (Å²) in [5.74, 6) is -0.383. The molecular formula is C28H29NO4. The number of benzene rings is 3. The van der Waals surface area contributed by atoms with Crippen LogP contribution in [0.4, 0.5) is 5.69 Å². The van der Waals surface area contributed by atoms with Gasteiger partial charge in [0.15, 0.2) is 0 Å². The zero-order valence-electron chi connectivity index (χ0n) is 19.2. The second-order valence-electron chi connectivity index (χ2n) is 8.99. The van der Waals surface area contributed by atoms with Gasteiger partial charge in [0.1, 0.15) is 12.4 Å². The summed E-state index contributed by atoms with van der Waals surface area (Å²) in [4.78, 5) is 24.4. The fourth-order valence-corrected chi connectivity index (χ4v) is 4.09. The van der Waals surface area contributed by atoms with Crippen molar-refractivity contribution in [3.05, 3.63) is 94.5 Å². The van der Waals surface area contributed by atoms with Crippen molar-refractivity contribution in [3.63, 3.8) is 0 Å². The normalized spacial score (nSPS) is 17.0. The molecule has 0 heterocycles. The smallest absolute Gasteiger partial charge is 0.307 e. The summed E-state index contributed by atoms with van der Waals surface area (Å²) in [6.07, 6.45) is 0.647. The number of amides is 1. The minimum atomic E-state index is -0.762. The van der Waals surface area contributed by atoms with Gasteiger partial charge in [-0.1, -0.05) is 56.3 Å². The van der Waals surface area contributed by atoms with Crippen LogP contribution < -0.4 is 10.1 Å². The predicted molar refractivity (Wildman–Crippen MR) is 129 cm³/mol. The van der Waals surface area contributed by atoms with E-state index < -0.39 is 5.97 Å². The molecule has 170 valence electrons. The fraction of sp³-hybridized carbons (Fsp3) is 0.286. The molecule has 0 aromatic heterocycles. The lowest BCUT2D eigenvalue weighted by molar-refractivity contribution is -0.138. The van der Waals surface area contributed by atoms with Gasteiger partial charge in [-0.05, 0) is 71.7 Å². The lowest BCUT2D eigenvalue weighted by Crippen LogP contribution is -2.16. The minimum Gasteiger partial charge on any atom is -0.489 e. The molecule has 1 aliphatic rings. The predicted octanol–water partition coefficient (Wildman–Crippen LogP) is 6.14. The molecule has 0 aliphatic heterocycles. The lowest BCUT2D eigenvalue weighted by Gasteiger charge is -2.16. The van der Waals surface area contributed by atoms with E-state index in [-0.39, 0.29) is 23.7 Å². The largest absolute Gasteiger partial charge is 0.489 e. The third-order valence-corrected chi connectivity index (χ3v) is 6.18. The van der Waals surface area contributed by atoms with E-state index in [9.17, 15) is 14.7 Å². The third kappa shape index (κ3) is 5.25. The number of carbonyl (C=O) groups is 2. The summed E-state index contributed by atoms with van der Waals surface area (Å²) in [5, 5.41) is 12.3. The Labute approximate surface area is 194 Å². The number of carbonyl (C=O) groups excluding carboxylic acids is 1. The molecule has 2 atom stereocenters. The van der Waals surface area contributed by atoms with Crippen LogP contribution in [0.5, 0.6) is 5.75 Å². The third-order valence-electron chi connectivity index (χ3n) is 6.18. The van der Waals surface area contributed by atoms with Crippen molar-refractivity contribution in [3.8, 4) is 5.75 Å². The highest BCUT2D eigenvalue weighted by molar-refractivity contribution is 6.06. The van der Waals surface area contributed by atoms with E-state index >= 15 is 0 Å². The lowest BCUT2D eigenvalue weighted by atomic mass is 9.96. The number of hydrogen-bond donors (Lipinski definition) is 2. The van der Waals surface area contributed by atoms with Gasteiger partial charge in [0, 0.05) is 11.3 Å². The Kier molecular flexibility index (Phi) is 6.50. The van der Waals surface area contributed by atoms with Crippen LogP contribution in [0.1, 0.15) is 64.7 Å². The summed E-state index contributed by atoms with van der Waals surface area (Å²) >= 11 is 0. The Hall–Kier alpha value is -3.60. The maximum Gasteiger partial charge on any atom is 0.307 e. The van der Waals surface area contributed by atoms with E-state index in [1.54, 1.807) is 0 Å². The van der Waals surface area contributed by atoms with Crippen molar-refractivity contribution < 1.29 is 19.4 Å². The number of aliphatic carboxylic acids is 1. The molecule has 4 rings (SSSR count). The number of aryl methyl sites for hydroxylation is 1. The van der Waals surface area contributed by atoms with Crippen molar-refractivity contribution in [1.82, 2.24) is 0 Å². The van der Waals surface area contributed by atoms with Gasteiger partial charge >= 0.3 is 5.97 Å². The summed E-state index contributed by atoms with van der Waals surface area (Å²) in [6.45, 7) is 6.51. The summed E-state index contributed by atoms with van der Waals surface area (Å²) in [6, 6.07) is 21.3. The van der Waals surface area contributed by atoms with Crippen LogP contribution in [0.25, 0.3) is 0 Å². The molecule has 0 unspecified atom stereocenters. The molecule has 33 heavy (non-hydrogen) atoms. The Morgan fingerprint density at radius 1 is 1.06 bits per heavy atom. The molecule has 1 amide bonds. The fourth-order valence-electron chi connectivity index (χ4n) is 4.09. The summed E-state index contributed by atoms with van der Waals surface area (Å²) in [7, 11) is 0. The van der Waals surface area contributed by atoms with Crippen LogP contribution in [0.2, 0.25) is 0 Å². The maximum atomic E-state index is 13.2. The number of carboxylic acid groups (broad SMARTS) is 1. The first-order valence-corrected chi connectivity index (χ1v) is 11.3. The zero-order chi connectivity index (χ0) is 23.5. The van der Waals surface area contributed by atoms with Crippen LogP contribution >= 0.6 is 0 Å². The quantitative estimate of drug-likeness (QED) is 0.439. The average molecular weight is 444 g/mol. The second kappa shape index (κ2) is 9.49. The number of ether oxygens (including phenoxy) is 1. The molecule has 1 saturated carbocycles. The van der Waals surface area contributed by atoms with Gasteiger partial charge in [0.25, 0.3) is 5.91 Å². The van der Waals surface area contributed by atoms with Crippen molar-refractivity contribution in [2.24, 2.45) is 5.92 Å². The summed E-state index contributed by atoms with van der Waals surface area (Å²) in [5.41, 5.74) is 5.22. The Morgan fingerprint density at radius 2 is 1.82 bits per heavy atom. The van der Waals surface area contributed by atoms with E-state index in [0.717, 1.165) is 28.0 Å². The van der Waals surface area contributed by atoms with Crippen LogP contribution in [-0.4, -0.2) is 17.0 Å². The van der Waals surface area contributed by atoms with Crippen molar-refractivity contribution >= 4 is 17.6 Å². The zero-order valence-corrected chi connectivity index (χ0v) is 19.2. The van der Waals surface area contributed by atoms with Gasteiger partial charge < -0.3 is 15.2 Å². The van der Waals surface area contributed by atoms with Crippen LogP contribution in [0.3, 0.4) is 0 Å². The van der Waals surface area contributed by atoms with Crippen molar-refractivity contribution in [1.29, 1.82) is 0 Å². The molecule has 0 spiro atoms. The first kappa shape index (κ1) is 22.6. The monoisotopic (exact) mass is 443 g/mol. The number of carboxylic acids is 1. The first-order valence-electron chi connectivity index (χ1n) is 11.3. The number of nitrogens with one attached hydrogen (secondary N) is 1. The molecule has 1 fully saturated rings. The molecule has 3 aromatic carbocycles. The van der Waals surface area contributed by atoms with Crippen LogP contribution in [0, 0.1) is 12.8 Å². The molecule has 2 N–H and O–H groups in total. The molecule has 0 radical (unpaired) electrons. The molecular weight excluding hydrogens is 414 g/mol. The van der Waals surface area contributed by atoms with Crippen LogP contribution in [0.15, 0.2) is 66.7 Å². The van der Waals surface area contributed by atoms with Gasteiger partial charge in [-0.2, -0.15) is 0 Å². The Bertz CT molecular complexity index is 1170. The highest BCUT2D eigenvalue weighted by atomic mass is 16.5. The molecule has 1 aliphatic carbocycles. The topological polar surface area (TPSA) is 75.6 Å². The summed E-state index contributed by atoms with van der Waals surface area (Å²) < 4.78 is 5.95. The standard InChI is InChI=1S/C28H29NO4/c1-17(2)23-14-21(33-16-19-7-5-4-6-8-19)11-12-22(23)27(30)29-26-13-20(10-9-18(26)3)24-15-25(24)28(31)32/h4-14,17,24-25H,15-16H2,1-3H3,(H,29,30)(H,31,32)/t24-,25-/m1/s1. The van der Waals surface area contributed by atoms with E-state index in [2.05, 4.69) is 19.2 Å². The van der Waals surface area contributed by atoms with E-state index in [1.807, 2.05) is 73.7 Å². The van der Waals surface area contributed by atoms with Gasteiger partial charge in [0.05, 0.1) is 5.92 Å². The highest BCUT2D eigenvalue weighted by Crippen LogP contribution is 2.48. The van der Waals surface area contributed by atoms with Crippen LogP contribution in [-0.2, 0) is 11.4 Å². The van der Waals surface area contributed by atoms with Gasteiger partial charge in [-0.25, -0.2) is 0 Å². The number of hydrogen-bond acceptors (Lipinski definition) is 3. The minimum absolute atomic E-state index is 0.0195. The van der Waals surface area contributed by atoms with Gasteiger partial charge in [-0.3, -0.25) is 9.59 Å². The van der Waals surface area contributed by atoms with Crippen molar-refractivity contribution in [2.75, 3.05) is 5.32 Å². The molecule has 5 heteroatoms. The second-order valence-corrected chi connectivity index (χ2v) is 8.99. The van der Waals surface area contributed by atoms with Crippen molar-refractivity contribution in [2.45, 2.75) is 45.6 Å². The van der Waals surface area contributed by atoms with E-state index in [4.69, 9.17) is 4.74 Å². The highest BCUT2D eigenvalue weighted by Gasteiger charge is 2.44. The number of rotatable bonds is 8. The SMILES string of the molecule is Cc1ccc([C@H]2C[C@H]2C(=O)O)cc1NC(=O)c1ccc(OCc2ccccc2)cc1C(C)C. The Balaban J connectivity index is 1.51. The molecule has 0 saturated heterocycles. The van der Waals surface area contributed by atoms with E-state index in [1.165, 1.54) is 0 Å². The first-order chi connectivity index (χ1) is 15.8. The van der Waals surface area contributed by atoms with Gasteiger partial charge in [0.2, 0.25) is 0 Å². The molecule has 0 bridgehead atoms. The maximum absolute atomic E-state index is 13.2. The number of anilines is 1. The van der Waals surface area contributed by atoms with Gasteiger partial charge in [-0.15, -0.1) is 0 Å². The van der Waals surface area contributed by atoms with E-state index in [0.29, 0.717) is 24.3 Å². The average Bonchev–Trinajstić information content (AvgIpc) is 3.61. The Morgan fingerprint density at radius 3 is 2.48 bits per heavy atom. The molecule has 5 nitrogen and oxygen atoms in total.